The molecule has 0 saturated carbocycles. The molecular formula is C20H27ClN4O3. The maximum Gasteiger partial charge on any atom is 0.323 e. The Labute approximate surface area is 171 Å². The fourth-order valence-electron chi connectivity index (χ4n) is 2.37. The SMILES string of the molecule is COCCNCCNC(=O)c1ccc(C)c(NC(=O)Nc2ccccc2)c1.Cl. The number of hydrogen-bond donors (Lipinski definition) is 4. The van der Waals surface area contributed by atoms with Gasteiger partial charge in [-0.2, -0.15) is 0 Å². The molecule has 0 bridgehead atoms. The summed E-state index contributed by atoms with van der Waals surface area (Å²) >= 11 is 0. The van der Waals surface area contributed by atoms with Gasteiger partial charge in [0.05, 0.1) is 6.61 Å². The third kappa shape index (κ3) is 7.96. The summed E-state index contributed by atoms with van der Waals surface area (Å²) in [4.78, 5) is 24.5. The molecule has 7 nitrogen and oxygen atoms in total. The number of para-hydroxylation sites is 1. The van der Waals surface area contributed by atoms with Crippen LogP contribution in [0.4, 0.5) is 16.2 Å². The molecule has 0 aromatic heterocycles. The second-order valence-corrected chi connectivity index (χ2v) is 5.97. The summed E-state index contributed by atoms with van der Waals surface area (Å²) in [5, 5.41) is 11.5. The molecule has 0 radical (unpaired) electrons. The van der Waals surface area contributed by atoms with Crippen molar-refractivity contribution >= 4 is 35.7 Å². The van der Waals surface area contributed by atoms with E-state index in [4.69, 9.17) is 4.74 Å². The number of urea groups is 1. The summed E-state index contributed by atoms with van der Waals surface area (Å²) in [6.45, 7) is 4.41. The predicted octanol–water partition coefficient (Wildman–Crippen LogP) is 3.03. The van der Waals surface area contributed by atoms with E-state index in [1.54, 1.807) is 31.4 Å². The van der Waals surface area contributed by atoms with Gasteiger partial charge in [0, 0.05) is 43.7 Å². The van der Waals surface area contributed by atoms with Gasteiger partial charge in [0.25, 0.3) is 5.91 Å². The number of benzene rings is 2. The minimum absolute atomic E-state index is 0. The third-order valence-electron chi connectivity index (χ3n) is 3.85. The van der Waals surface area contributed by atoms with Crippen LogP contribution < -0.4 is 21.3 Å². The van der Waals surface area contributed by atoms with Crippen LogP contribution in [-0.4, -0.2) is 45.3 Å². The molecule has 0 unspecified atom stereocenters. The second kappa shape index (κ2) is 12.7. The van der Waals surface area contributed by atoms with Gasteiger partial charge >= 0.3 is 6.03 Å². The zero-order valence-electron chi connectivity index (χ0n) is 16.1. The van der Waals surface area contributed by atoms with Gasteiger partial charge in [0.2, 0.25) is 0 Å². The van der Waals surface area contributed by atoms with E-state index in [1.807, 2.05) is 31.2 Å². The number of aryl methyl sites for hydroxylation is 1. The first-order valence-corrected chi connectivity index (χ1v) is 8.81. The van der Waals surface area contributed by atoms with Gasteiger partial charge in [0.15, 0.2) is 0 Å². The average molecular weight is 407 g/mol. The Morgan fingerprint density at radius 1 is 0.964 bits per heavy atom. The van der Waals surface area contributed by atoms with Gasteiger partial charge in [-0.05, 0) is 36.8 Å². The molecule has 0 aliphatic carbocycles. The van der Waals surface area contributed by atoms with E-state index in [0.29, 0.717) is 36.6 Å². The molecule has 2 aromatic carbocycles. The highest BCUT2D eigenvalue weighted by atomic mass is 35.5. The number of anilines is 2. The molecular weight excluding hydrogens is 380 g/mol. The summed E-state index contributed by atoms with van der Waals surface area (Å²) < 4.78 is 4.94. The normalized spacial score (nSPS) is 9.93. The molecule has 0 saturated heterocycles. The van der Waals surface area contributed by atoms with E-state index in [2.05, 4.69) is 21.3 Å². The minimum Gasteiger partial charge on any atom is -0.383 e. The lowest BCUT2D eigenvalue weighted by Crippen LogP contribution is -2.33. The van der Waals surface area contributed by atoms with Crippen LogP contribution in [0.5, 0.6) is 0 Å². The van der Waals surface area contributed by atoms with Crippen molar-refractivity contribution in [3.8, 4) is 0 Å². The zero-order chi connectivity index (χ0) is 19.5. The van der Waals surface area contributed by atoms with Crippen LogP contribution in [0.2, 0.25) is 0 Å². The fraction of sp³-hybridized carbons (Fsp3) is 0.300. The Morgan fingerprint density at radius 2 is 1.71 bits per heavy atom. The van der Waals surface area contributed by atoms with E-state index >= 15 is 0 Å². The number of nitrogens with one attached hydrogen (secondary N) is 4. The minimum atomic E-state index is -0.357. The molecule has 0 aliphatic heterocycles. The molecule has 0 aliphatic rings. The average Bonchev–Trinajstić information content (AvgIpc) is 2.67. The van der Waals surface area contributed by atoms with Crippen molar-refractivity contribution in [1.29, 1.82) is 0 Å². The first-order valence-electron chi connectivity index (χ1n) is 8.81. The number of ether oxygens (including phenoxy) is 1. The van der Waals surface area contributed by atoms with Crippen molar-refractivity contribution in [2.45, 2.75) is 6.92 Å². The maximum atomic E-state index is 12.3. The molecule has 0 fully saturated rings. The van der Waals surface area contributed by atoms with Crippen molar-refractivity contribution in [2.75, 3.05) is 44.0 Å². The van der Waals surface area contributed by atoms with Crippen LogP contribution in [0.15, 0.2) is 48.5 Å². The van der Waals surface area contributed by atoms with Crippen molar-refractivity contribution in [3.05, 3.63) is 59.7 Å². The van der Waals surface area contributed by atoms with E-state index < -0.39 is 0 Å². The summed E-state index contributed by atoms with van der Waals surface area (Å²) in [6, 6.07) is 14.0. The molecule has 0 spiro atoms. The van der Waals surface area contributed by atoms with Gasteiger partial charge in [-0.1, -0.05) is 24.3 Å². The van der Waals surface area contributed by atoms with Gasteiger partial charge in [0.1, 0.15) is 0 Å². The number of methoxy groups -OCH3 is 1. The fourth-order valence-corrected chi connectivity index (χ4v) is 2.37. The van der Waals surface area contributed by atoms with Crippen LogP contribution in [0.1, 0.15) is 15.9 Å². The van der Waals surface area contributed by atoms with Crippen molar-refractivity contribution in [1.82, 2.24) is 10.6 Å². The van der Waals surface area contributed by atoms with Crippen LogP contribution in [0.3, 0.4) is 0 Å². The number of amides is 3. The Hall–Kier alpha value is -2.61. The molecule has 0 heterocycles. The summed E-state index contributed by atoms with van der Waals surface area (Å²) in [5.74, 6) is -0.185. The van der Waals surface area contributed by atoms with E-state index in [-0.39, 0.29) is 24.3 Å². The van der Waals surface area contributed by atoms with Crippen LogP contribution in [-0.2, 0) is 4.74 Å². The molecule has 2 aromatic rings. The Bertz CT molecular complexity index is 756. The Morgan fingerprint density at radius 3 is 2.43 bits per heavy atom. The molecule has 4 N–H and O–H groups in total. The summed E-state index contributed by atoms with van der Waals surface area (Å²) in [7, 11) is 1.65. The monoisotopic (exact) mass is 406 g/mol. The summed E-state index contributed by atoms with van der Waals surface area (Å²) in [5.41, 5.74) is 2.65. The lowest BCUT2D eigenvalue weighted by molar-refractivity contribution is 0.0953. The number of hydrogen-bond acceptors (Lipinski definition) is 4. The number of rotatable bonds is 9. The topological polar surface area (TPSA) is 91.5 Å². The molecule has 28 heavy (non-hydrogen) atoms. The first-order chi connectivity index (χ1) is 13.1. The van der Waals surface area contributed by atoms with Gasteiger partial charge in [-0.15, -0.1) is 12.4 Å². The first kappa shape index (κ1) is 23.4. The maximum absolute atomic E-state index is 12.3. The van der Waals surface area contributed by atoms with Gasteiger partial charge in [-0.3, -0.25) is 4.79 Å². The lowest BCUT2D eigenvalue weighted by Gasteiger charge is -2.12. The van der Waals surface area contributed by atoms with Crippen molar-refractivity contribution < 1.29 is 14.3 Å². The molecule has 2 rings (SSSR count). The summed E-state index contributed by atoms with van der Waals surface area (Å²) in [6.07, 6.45) is 0. The molecule has 3 amide bonds. The van der Waals surface area contributed by atoms with Crippen LogP contribution >= 0.6 is 12.4 Å². The smallest absolute Gasteiger partial charge is 0.323 e. The zero-order valence-corrected chi connectivity index (χ0v) is 16.9. The third-order valence-corrected chi connectivity index (χ3v) is 3.85. The Kier molecular flexibility index (Phi) is 10.6. The van der Waals surface area contributed by atoms with Crippen LogP contribution in [0.25, 0.3) is 0 Å². The predicted molar refractivity (Wildman–Crippen MR) is 115 cm³/mol. The van der Waals surface area contributed by atoms with Gasteiger partial charge in [-0.25, -0.2) is 4.79 Å². The lowest BCUT2D eigenvalue weighted by atomic mass is 10.1. The van der Waals surface area contributed by atoms with E-state index in [1.165, 1.54) is 0 Å². The molecule has 0 atom stereocenters. The van der Waals surface area contributed by atoms with Crippen molar-refractivity contribution in [3.63, 3.8) is 0 Å². The quantitative estimate of drug-likeness (QED) is 0.482. The number of carbonyl (C=O) groups is 2. The molecule has 8 heteroatoms. The van der Waals surface area contributed by atoms with Gasteiger partial charge < -0.3 is 26.0 Å². The second-order valence-electron chi connectivity index (χ2n) is 5.97. The standard InChI is InChI=1S/C20H26N4O3.ClH/c1-15-8-9-16(19(25)22-11-10-21-12-13-27-2)14-18(15)24-20(26)23-17-6-4-3-5-7-17;/h3-9,14,21H,10-13H2,1-2H3,(H,22,25)(H2,23,24,26);1H. The highest BCUT2D eigenvalue weighted by molar-refractivity contribution is 6.02. The number of halogens is 1. The van der Waals surface area contributed by atoms with E-state index in [0.717, 1.165) is 12.1 Å². The van der Waals surface area contributed by atoms with E-state index in [9.17, 15) is 9.59 Å². The Balaban J connectivity index is 0.00000392. The highest BCUT2D eigenvalue weighted by Gasteiger charge is 2.10. The largest absolute Gasteiger partial charge is 0.383 e. The van der Waals surface area contributed by atoms with Crippen LogP contribution in [0, 0.1) is 6.92 Å². The van der Waals surface area contributed by atoms with Crippen molar-refractivity contribution in [2.24, 2.45) is 0 Å². The number of carbonyl (C=O) groups excluding carboxylic acids is 2. The highest BCUT2D eigenvalue weighted by Crippen LogP contribution is 2.17. The molecule has 152 valence electrons.